The second-order valence-corrected chi connectivity index (χ2v) is 5.85. The first-order valence-corrected chi connectivity index (χ1v) is 8.38. The van der Waals surface area contributed by atoms with Crippen LogP contribution in [-0.4, -0.2) is 5.97 Å². The highest BCUT2D eigenvalue weighted by atomic mass is 19.4. The highest BCUT2D eigenvalue weighted by molar-refractivity contribution is 5.72. The fourth-order valence-electron chi connectivity index (χ4n) is 2.51. The number of ether oxygens (including phenoxy) is 2. The van der Waals surface area contributed by atoms with Gasteiger partial charge in [-0.15, -0.1) is 0 Å². The van der Waals surface area contributed by atoms with Gasteiger partial charge in [0, 0.05) is 12.0 Å². The lowest BCUT2D eigenvalue weighted by molar-refractivity contribution is -0.140. The number of rotatable bonds is 6. The standard InChI is InChI=1S/C20H21F3O3/c1-4-14-9-10-17(13(3)11-14)25-12-15-16(20(21,22)23)7-6-8-18(15)26-19(24)5-2/h6-11H,4-5,12H2,1-3H3. The molecule has 0 aromatic heterocycles. The highest BCUT2D eigenvalue weighted by Gasteiger charge is 2.35. The molecule has 0 aliphatic rings. The van der Waals surface area contributed by atoms with Crippen molar-refractivity contribution < 1.29 is 27.4 Å². The van der Waals surface area contributed by atoms with Crippen molar-refractivity contribution >= 4 is 5.97 Å². The predicted octanol–water partition coefficient (Wildman–Crippen LogP) is 5.47. The number of carbonyl (C=O) groups is 1. The molecule has 2 rings (SSSR count). The largest absolute Gasteiger partial charge is 0.488 e. The Morgan fingerprint density at radius 3 is 2.38 bits per heavy atom. The van der Waals surface area contributed by atoms with Crippen LogP contribution >= 0.6 is 0 Å². The summed E-state index contributed by atoms with van der Waals surface area (Å²) in [5, 5.41) is 0. The lowest BCUT2D eigenvalue weighted by atomic mass is 10.1. The van der Waals surface area contributed by atoms with Gasteiger partial charge in [0.15, 0.2) is 0 Å². The van der Waals surface area contributed by atoms with Crippen molar-refractivity contribution in [1.29, 1.82) is 0 Å². The molecular formula is C20H21F3O3. The van der Waals surface area contributed by atoms with E-state index in [1.54, 1.807) is 13.0 Å². The molecule has 0 bridgehead atoms. The van der Waals surface area contributed by atoms with E-state index in [1.165, 1.54) is 12.1 Å². The van der Waals surface area contributed by atoms with Crippen LogP contribution in [0.4, 0.5) is 13.2 Å². The first-order chi connectivity index (χ1) is 12.3. The zero-order valence-electron chi connectivity index (χ0n) is 14.9. The van der Waals surface area contributed by atoms with Crippen LogP contribution in [0.25, 0.3) is 0 Å². The number of alkyl halides is 3. The predicted molar refractivity (Wildman–Crippen MR) is 92.3 cm³/mol. The van der Waals surface area contributed by atoms with E-state index in [2.05, 4.69) is 0 Å². The zero-order valence-corrected chi connectivity index (χ0v) is 14.9. The van der Waals surface area contributed by atoms with Crippen molar-refractivity contribution in [3.8, 4) is 11.5 Å². The molecule has 0 fully saturated rings. The number of hydrogen-bond donors (Lipinski definition) is 0. The van der Waals surface area contributed by atoms with Gasteiger partial charge in [-0.05, 0) is 42.7 Å². The average Bonchev–Trinajstić information content (AvgIpc) is 2.60. The molecule has 140 valence electrons. The Morgan fingerprint density at radius 1 is 1.08 bits per heavy atom. The Balaban J connectivity index is 2.35. The summed E-state index contributed by atoms with van der Waals surface area (Å²) < 4.78 is 50.8. The first-order valence-electron chi connectivity index (χ1n) is 8.38. The smallest absolute Gasteiger partial charge is 0.416 e. The summed E-state index contributed by atoms with van der Waals surface area (Å²) in [6, 6.07) is 9.05. The summed E-state index contributed by atoms with van der Waals surface area (Å²) in [6.45, 7) is 5.07. The Hall–Kier alpha value is -2.50. The summed E-state index contributed by atoms with van der Waals surface area (Å²) in [5.74, 6) is -0.240. The van der Waals surface area contributed by atoms with Crippen molar-refractivity contribution in [2.24, 2.45) is 0 Å². The third kappa shape index (κ3) is 4.77. The average molecular weight is 366 g/mol. The van der Waals surface area contributed by atoms with Crippen molar-refractivity contribution in [2.75, 3.05) is 0 Å². The molecule has 0 saturated heterocycles. The summed E-state index contributed by atoms with van der Waals surface area (Å²) in [5.41, 5.74) is 0.881. The third-order valence-electron chi connectivity index (χ3n) is 3.97. The lowest BCUT2D eigenvalue weighted by Gasteiger charge is -2.18. The molecule has 0 N–H and O–H groups in total. The van der Waals surface area contributed by atoms with Gasteiger partial charge in [-0.1, -0.05) is 32.0 Å². The molecule has 0 spiro atoms. The van der Waals surface area contributed by atoms with E-state index >= 15 is 0 Å². The summed E-state index contributed by atoms with van der Waals surface area (Å²) >= 11 is 0. The van der Waals surface area contributed by atoms with Crippen LogP contribution < -0.4 is 9.47 Å². The van der Waals surface area contributed by atoms with E-state index in [-0.39, 0.29) is 24.3 Å². The maximum Gasteiger partial charge on any atom is 0.416 e. The molecule has 0 heterocycles. The lowest BCUT2D eigenvalue weighted by Crippen LogP contribution is -2.15. The van der Waals surface area contributed by atoms with Crippen LogP contribution in [0.1, 0.15) is 42.5 Å². The Bertz CT molecular complexity index is 782. The number of hydrogen-bond acceptors (Lipinski definition) is 3. The molecule has 0 aliphatic heterocycles. The van der Waals surface area contributed by atoms with Crippen LogP contribution in [0.2, 0.25) is 0 Å². The Labute approximate surface area is 150 Å². The maximum atomic E-state index is 13.4. The monoisotopic (exact) mass is 366 g/mol. The summed E-state index contributed by atoms with van der Waals surface area (Å²) in [7, 11) is 0. The SMILES string of the molecule is CCC(=O)Oc1cccc(C(F)(F)F)c1COc1ccc(CC)cc1C. The molecule has 0 unspecified atom stereocenters. The second-order valence-electron chi connectivity index (χ2n) is 5.85. The van der Waals surface area contributed by atoms with E-state index in [4.69, 9.17) is 9.47 Å². The number of carbonyl (C=O) groups excluding carboxylic acids is 1. The molecule has 0 amide bonds. The van der Waals surface area contributed by atoms with Gasteiger partial charge in [0.05, 0.1) is 5.56 Å². The van der Waals surface area contributed by atoms with Crippen molar-refractivity contribution in [3.05, 3.63) is 58.7 Å². The molecule has 2 aromatic carbocycles. The molecule has 0 saturated carbocycles. The van der Waals surface area contributed by atoms with E-state index in [9.17, 15) is 18.0 Å². The zero-order chi connectivity index (χ0) is 19.3. The van der Waals surface area contributed by atoms with Crippen molar-refractivity contribution in [3.63, 3.8) is 0 Å². The highest BCUT2D eigenvalue weighted by Crippen LogP contribution is 2.37. The Morgan fingerprint density at radius 2 is 1.81 bits per heavy atom. The normalized spacial score (nSPS) is 11.3. The van der Waals surface area contributed by atoms with E-state index in [1.807, 2.05) is 26.0 Å². The van der Waals surface area contributed by atoms with Gasteiger partial charge < -0.3 is 9.47 Å². The van der Waals surface area contributed by atoms with E-state index in [0.717, 1.165) is 23.6 Å². The maximum absolute atomic E-state index is 13.4. The van der Waals surface area contributed by atoms with Crippen LogP contribution in [0.5, 0.6) is 11.5 Å². The van der Waals surface area contributed by atoms with Crippen LogP contribution in [0.3, 0.4) is 0 Å². The molecule has 6 heteroatoms. The third-order valence-corrected chi connectivity index (χ3v) is 3.97. The van der Waals surface area contributed by atoms with E-state index < -0.39 is 17.7 Å². The molecule has 0 aliphatic carbocycles. The fraction of sp³-hybridized carbons (Fsp3) is 0.350. The number of esters is 1. The molecule has 2 aromatic rings. The van der Waals surface area contributed by atoms with Gasteiger partial charge in [-0.2, -0.15) is 13.2 Å². The first kappa shape index (κ1) is 19.8. The van der Waals surface area contributed by atoms with Crippen LogP contribution in [0, 0.1) is 6.92 Å². The van der Waals surface area contributed by atoms with E-state index in [0.29, 0.717) is 5.75 Å². The van der Waals surface area contributed by atoms with Crippen LogP contribution in [-0.2, 0) is 24.0 Å². The van der Waals surface area contributed by atoms with Crippen molar-refractivity contribution in [1.82, 2.24) is 0 Å². The molecule has 0 radical (unpaired) electrons. The quantitative estimate of drug-likeness (QED) is 0.502. The second kappa shape index (κ2) is 8.25. The number of aryl methyl sites for hydroxylation is 2. The molecule has 3 nitrogen and oxygen atoms in total. The molecule has 26 heavy (non-hydrogen) atoms. The number of benzene rings is 2. The van der Waals surface area contributed by atoms with Gasteiger partial charge in [0.1, 0.15) is 18.1 Å². The minimum Gasteiger partial charge on any atom is -0.488 e. The minimum absolute atomic E-state index is 0.0636. The summed E-state index contributed by atoms with van der Waals surface area (Å²) in [6.07, 6.45) is -3.66. The van der Waals surface area contributed by atoms with Gasteiger partial charge in [-0.3, -0.25) is 4.79 Å². The molecule has 0 atom stereocenters. The van der Waals surface area contributed by atoms with Gasteiger partial charge in [-0.25, -0.2) is 0 Å². The van der Waals surface area contributed by atoms with Gasteiger partial charge in [0.25, 0.3) is 0 Å². The van der Waals surface area contributed by atoms with Gasteiger partial charge >= 0.3 is 12.1 Å². The van der Waals surface area contributed by atoms with Crippen molar-refractivity contribution in [2.45, 2.75) is 46.4 Å². The van der Waals surface area contributed by atoms with Gasteiger partial charge in [0.2, 0.25) is 0 Å². The van der Waals surface area contributed by atoms with Crippen LogP contribution in [0.15, 0.2) is 36.4 Å². The number of halogens is 3. The Kier molecular flexibility index (Phi) is 6.29. The molecular weight excluding hydrogens is 345 g/mol. The summed E-state index contributed by atoms with van der Waals surface area (Å²) in [4.78, 5) is 11.5. The topological polar surface area (TPSA) is 35.5 Å². The minimum atomic E-state index is -4.57. The fourth-order valence-corrected chi connectivity index (χ4v) is 2.51.